The van der Waals surface area contributed by atoms with E-state index in [-0.39, 0.29) is 5.91 Å². The van der Waals surface area contributed by atoms with E-state index in [2.05, 4.69) is 38.4 Å². The van der Waals surface area contributed by atoms with Crippen LogP contribution in [0.5, 0.6) is 0 Å². The summed E-state index contributed by atoms with van der Waals surface area (Å²) in [5.41, 5.74) is 2.36. The molecule has 0 bridgehead atoms. The van der Waals surface area contributed by atoms with Crippen molar-refractivity contribution in [3.8, 4) is 0 Å². The van der Waals surface area contributed by atoms with Crippen LogP contribution in [0.4, 0.5) is 5.69 Å². The first-order valence-corrected chi connectivity index (χ1v) is 7.57. The fourth-order valence-corrected chi connectivity index (χ4v) is 2.77. The molecule has 0 fully saturated rings. The fraction of sp³-hybridized carbons (Fsp3) is 0.200. The van der Waals surface area contributed by atoms with Crippen molar-refractivity contribution in [3.05, 3.63) is 46.8 Å². The van der Waals surface area contributed by atoms with Crippen molar-refractivity contribution in [2.45, 2.75) is 19.9 Å². The number of nitrogens with one attached hydrogen (secondary N) is 2. The van der Waals surface area contributed by atoms with Crippen LogP contribution >= 0.6 is 15.9 Å². The number of fused-ring (bicyclic) bond motifs is 1. The lowest BCUT2D eigenvalue weighted by Gasteiger charge is -2.08. The van der Waals surface area contributed by atoms with Gasteiger partial charge in [0.05, 0.1) is 11.7 Å². The van der Waals surface area contributed by atoms with Gasteiger partial charge in [0, 0.05) is 28.3 Å². The van der Waals surface area contributed by atoms with Crippen molar-refractivity contribution in [2.24, 2.45) is 0 Å². The molecule has 1 aromatic carbocycles. The molecule has 2 N–H and O–H groups in total. The van der Waals surface area contributed by atoms with Gasteiger partial charge in [-0.3, -0.25) is 9.89 Å². The predicted octanol–water partition coefficient (Wildman–Crippen LogP) is 3.79. The lowest BCUT2D eigenvalue weighted by atomic mass is 10.2. The summed E-state index contributed by atoms with van der Waals surface area (Å²) in [6, 6.07) is 7.50. The van der Waals surface area contributed by atoms with Crippen LogP contribution in [0.1, 0.15) is 23.8 Å². The Morgan fingerprint density at radius 1 is 1.43 bits per heavy atom. The number of hydrogen-bond donors (Lipinski definition) is 2. The maximum Gasteiger partial charge on any atom is 0.272 e. The molecule has 1 amide bonds. The third kappa shape index (κ3) is 2.85. The van der Waals surface area contributed by atoms with E-state index >= 15 is 0 Å². The number of nitrogens with zero attached hydrogens (tertiary/aromatic N) is 2. The van der Waals surface area contributed by atoms with Crippen LogP contribution in [0.2, 0.25) is 0 Å². The predicted molar refractivity (Wildman–Crippen MR) is 86.5 cm³/mol. The number of hydrogen-bond acceptors (Lipinski definition) is 2. The maximum atomic E-state index is 12.4. The molecule has 3 aromatic rings. The van der Waals surface area contributed by atoms with Gasteiger partial charge in [0.25, 0.3) is 5.91 Å². The van der Waals surface area contributed by atoms with Crippen LogP contribution < -0.4 is 5.32 Å². The minimum atomic E-state index is -0.114. The van der Waals surface area contributed by atoms with Crippen LogP contribution in [-0.4, -0.2) is 20.7 Å². The first kappa shape index (κ1) is 13.9. The second-order valence-electron chi connectivity index (χ2n) is 4.86. The molecule has 108 valence electrons. The molecule has 0 aliphatic rings. The second kappa shape index (κ2) is 5.73. The van der Waals surface area contributed by atoms with Crippen LogP contribution in [0.25, 0.3) is 10.9 Å². The molecule has 21 heavy (non-hydrogen) atoms. The van der Waals surface area contributed by atoms with E-state index < -0.39 is 0 Å². The number of aromatic amines is 1. The van der Waals surface area contributed by atoms with E-state index in [1.54, 1.807) is 6.20 Å². The van der Waals surface area contributed by atoms with Crippen molar-refractivity contribution < 1.29 is 4.79 Å². The Balaban J connectivity index is 1.85. The molecular weight excluding hydrogens is 332 g/mol. The number of carbonyl (C=O) groups excluding carboxylic acids is 1. The Hall–Kier alpha value is -2.08. The molecule has 0 saturated carbocycles. The maximum absolute atomic E-state index is 12.4. The third-order valence-electron chi connectivity index (χ3n) is 3.26. The number of amides is 1. The van der Waals surface area contributed by atoms with E-state index in [0.29, 0.717) is 5.69 Å². The molecule has 5 nitrogen and oxygen atoms in total. The van der Waals surface area contributed by atoms with Crippen LogP contribution in [0.15, 0.2) is 41.1 Å². The number of benzene rings is 1. The molecule has 0 aliphatic heterocycles. The van der Waals surface area contributed by atoms with E-state index in [0.717, 1.165) is 34.0 Å². The summed E-state index contributed by atoms with van der Waals surface area (Å²) in [6.07, 6.45) is 4.64. The molecule has 6 heteroatoms. The van der Waals surface area contributed by atoms with Crippen molar-refractivity contribution in [1.82, 2.24) is 14.8 Å². The molecule has 2 heterocycles. The summed E-state index contributed by atoms with van der Waals surface area (Å²) in [4.78, 5) is 12.4. The molecule has 2 aromatic heterocycles. The van der Waals surface area contributed by atoms with Gasteiger partial charge in [0.1, 0.15) is 5.69 Å². The van der Waals surface area contributed by atoms with Gasteiger partial charge in [-0.05, 0) is 46.6 Å². The highest BCUT2D eigenvalue weighted by atomic mass is 79.9. The topological polar surface area (TPSA) is 62.7 Å². The van der Waals surface area contributed by atoms with Gasteiger partial charge in [0.2, 0.25) is 0 Å². The van der Waals surface area contributed by atoms with Gasteiger partial charge in [-0.1, -0.05) is 6.92 Å². The normalized spacial score (nSPS) is 11.0. The minimum absolute atomic E-state index is 0.114. The molecule has 3 rings (SSSR count). The number of H-pyrrole nitrogens is 1. The van der Waals surface area contributed by atoms with Crippen LogP contribution in [0, 0.1) is 0 Å². The number of aromatic nitrogens is 3. The number of rotatable bonds is 4. The minimum Gasteiger partial charge on any atom is -0.342 e. The molecule has 0 saturated heterocycles. The number of aryl methyl sites for hydroxylation is 1. The summed E-state index contributed by atoms with van der Waals surface area (Å²) in [6.45, 7) is 2.90. The lowest BCUT2D eigenvalue weighted by Crippen LogP contribution is -2.16. The first-order chi connectivity index (χ1) is 10.2. The third-order valence-corrected chi connectivity index (χ3v) is 3.69. The molecule has 0 aliphatic carbocycles. The van der Waals surface area contributed by atoms with Crippen LogP contribution in [-0.2, 0) is 6.54 Å². The Bertz CT molecular complexity index is 790. The average Bonchev–Trinajstić information content (AvgIpc) is 3.05. The highest BCUT2D eigenvalue weighted by molar-refractivity contribution is 9.10. The SMILES string of the molecule is CCCn1cc(Br)cc1C(=O)Nc1ccc2[nH]ncc2c1. The van der Waals surface area contributed by atoms with Gasteiger partial charge >= 0.3 is 0 Å². The zero-order valence-corrected chi connectivity index (χ0v) is 13.1. The molecular formula is C15H15BrN4O. The van der Waals surface area contributed by atoms with Gasteiger partial charge < -0.3 is 9.88 Å². The number of carbonyl (C=O) groups is 1. The van der Waals surface area contributed by atoms with Gasteiger partial charge in [-0.15, -0.1) is 0 Å². The average molecular weight is 347 g/mol. The van der Waals surface area contributed by atoms with Crippen molar-refractivity contribution in [1.29, 1.82) is 0 Å². The Kier molecular flexibility index (Phi) is 3.79. The van der Waals surface area contributed by atoms with E-state index in [1.807, 2.05) is 35.0 Å². The highest BCUT2D eigenvalue weighted by Gasteiger charge is 2.13. The Morgan fingerprint density at radius 3 is 3.10 bits per heavy atom. The summed E-state index contributed by atoms with van der Waals surface area (Å²) >= 11 is 3.42. The summed E-state index contributed by atoms with van der Waals surface area (Å²) in [7, 11) is 0. The summed E-state index contributed by atoms with van der Waals surface area (Å²) < 4.78 is 2.86. The van der Waals surface area contributed by atoms with E-state index in [4.69, 9.17) is 0 Å². The van der Waals surface area contributed by atoms with Crippen molar-refractivity contribution in [2.75, 3.05) is 5.32 Å². The molecule has 0 spiro atoms. The molecule has 0 unspecified atom stereocenters. The Labute approximate surface area is 130 Å². The van der Waals surface area contributed by atoms with Crippen molar-refractivity contribution >= 4 is 38.4 Å². The van der Waals surface area contributed by atoms with E-state index in [1.165, 1.54) is 0 Å². The fourth-order valence-electron chi connectivity index (χ4n) is 2.31. The summed E-state index contributed by atoms with van der Waals surface area (Å²) in [5.74, 6) is -0.114. The molecule has 0 atom stereocenters. The van der Waals surface area contributed by atoms with Crippen LogP contribution in [0.3, 0.4) is 0 Å². The number of halogens is 1. The summed E-state index contributed by atoms with van der Waals surface area (Å²) in [5, 5.41) is 10.8. The zero-order chi connectivity index (χ0) is 14.8. The molecule has 0 radical (unpaired) electrons. The quantitative estimate of drug-likeness (QED) is 0.754. The largest absolute Gasteiger partial charge is 0.342 e. The van der Waals surface area contributed by atoms with Gasteiger partial charge in [-0.25, -0.2) is 0 Å². The van der Waals surface area contributed by atoms with E-state index in [9.17, 15) is 4.79 Å². The second-order valence-corrected chi connectivity index (χ2v) is 5.78. The van der Waals surface area contributed by atoms with Gasteiger partial charge in [0.15, 0.2) is 0 Å². The highest BCUT2D eigenvalue weighted by Crippen LogP contribution is 2.20. The first-order valence-electron chi connectivity index (χ1n) is 6.77. The monoisotopic (exact) mass is 346 g/mol. The zero-order valence-electron chi connectivity index (χ0n) is 11.6. The standard InChI is InChI=1S/C15H15BrN4O/c1-2-5-20-9-11(16)7-14(20)15(21)18-12-3-4-13-10(6-12)8-17-19-13/h3-4,6-9H,2,5H2,1H3,(H,17,19)(H,18,21). The lowest BCUT2D eigenvalue weighted by molar-refractivity contribution is 0.101. The smallest absolute Gasteiger partial charge is 0.272 e. The number of anilines is 1. The Morgan fingerprint density at radius 2 is 2.29 bits per heavy atom. The van der Waals surface area contributed by atoms with Gasteiger partial charge in [-0.2, -0.15) is 5.10 Å². The van der Waals surface area contributed by atoms with Crippen molar-refractivity contribution in [3.63, 3.8) is 0 Å².